The molecule has 2 aromatic carbocycles. The predicted octanol–water partition coefficient (Wildman–Crippen LogP) is 4.45. The molecule has 150 valence electrons. The summed E-state index contributed by atoms with van der Waals surface area (Å²) in [6.07, 6.45) is 1.59. The second-order valence-corrected chi connectivity index (χ2v) is 8.05. The summed E-state index contributed by atoms with van der Waals surface area (Å²) in [4.78, 5) is 37.0. The highest BCUT2D eigenvalue weighted by Gasteiger charge is 2.36. The van der Waals surface area contributed by atoms with Crippen molar-refractivity contribution in [3.63, 3.8) is 0 Å². The zero-order chi connectivity index (χ0) is 21.1. The van der Waals surface area contributed by atoms with E-state index in [1.807, 2.05) is 0 Å². The average Bonchev–Trinajstić information content (AvgIpc) is 2.95. The number of imide groups is 1. The van der Waals surface area contributed by atoms with Gasteiger partial charge in [0.1, 0.15) is 0 Å². The number of nitro benzene ring substituents is 1. The lowest BCUT2D eigenvalue weighted by Crippen LogP contribution is -2.27. The Bertz CT molecular complexity index is 1040. The molecule has 0 bridgehead atoms. The van der Waals surface area contributed by atoms with Crippen LogP contribution in [-0.4, -0.2) is 35.2 Å². The van der Waals surface area contributed by atoms with Crippen molar-refractivity contribution in [1.82, 2.24) is 4.90 Å². The number of nitrogens with zero attached hydrogens (tertiary/aromatic N) is 2. The van der Waals surface area contributed by atoms with E-state index in [2.05, 4.69) is 22.6 Å². The maximum Gasteiger partial charge on any atom is 0.293 e. The largest absolute Gasteiger partial charge is 0.493 e. The average molecular weight is 526 g/mol. The fraction of sp³-hybridized carbons (Fsp3) is 0.158. The third-order valence-electron chi connectivity index (χ3n) is 4.14. The third kappa shape index (κ3) is 4.37. The number of carbonyl (C=O) groups is 2. The van der Waals surface area contributed by atoms with Gasteiger partial charge in [-0.2, -0.15) is 0 Å². The fourth-order valence-corrected chi connectivity index (χ4v) is 4.49. The van der Waals surface area contributed by atoms with Crippen molar-refractivity contribution < 1.29 is 24.0 Å². The smallest absolute Gasteiger partial charge is 0.293 e. The summed E-state index contributed by atoms with van der Waals surface area (Å²) < 4.78 is 11.4. The molecule has 1 heterocycles. The van der Waals surface area contributed by atoms with E-state index >= 15 is 0 Å². The lowest BCUT2D eigenvalue weighted by molar-refractivity contribution is -0.385. The van der Waals surface area contributed by atoms with E-state index in [1.165, 1.54) is 32.4 Å². The summed E-state index contributed by atoms with van der Waals surface area (Å²) in [5, 5.41) is 10.7. The molecule has 0 unspecified atom stereocenters. The van der Waals surface area contributed by atoms with Gasteiger partial charge in [-0.05, 0) is 58.1 Å². The normalized spacial score (nSPS) is 15.1. The van der Waals surface area contributed by atoms with Gasteiger partial charge in [-0.15, -0.1) is 0 Å². The maximum absolute atomic E-state index is 12.8. The Morgan fingerprint density at radius 2 is 1.93 bits per heavy atom. The van der Waals surface area contributed by atoms with Crippen LogP contribution in [0.1, 0.15) is 11.1 Å². The second-order valence-electron chi connectivity index (χ2n) is 5.89. The fourth-order valence-electron chi connectivity index (χ4n) is 2.80. The first-order chi connectivity index (χ1) is 13.8. The van der Waals surface area contributed by atoms with Gasteiger partial charge in [-0.3, -0.25) is 24.6 Å². The summed E-state index contributed by atoms with van der Waals surface area (Å²) in [6.45, 7) is -0.164. The molecule has 29 heavy (non-hydrogen) atoms. The van der Waals surface area contributed by atoms with Gasteiger partial charge in [-0.1, -0.05) is 18.2 Å². The number of carbonyl (C=O) groups excluding carboxylic acids is 2. The molecular formula is C19H15IN2O6S. The standard InChI is InChI=1S/C19H15IN2O6S/c1-27-15-8-11(7-13(20)17(15)28-2)9-16-18(23)21(19(24)29-16)10-12-5-3-4-6-14(12)22(25)26/h3-9H,10H2,1-2H3/b16-9-. The molecule has 2 amide bonds. The van der Waals surface area contributed by atoms with E-state index in [9.17, 15) is 19.7 Å². The molecule has 0 spiro atoms. The van der Waals surface area contributed by atoms with Crippen LogP contribution < -0.4 is 9.47 Å². The van der Waals surface area contributed by atoms with Crippen molar-refractivity contribution in [2.24, 2.45) is 0 Å². The van der Waals surface area contributed by atoms with Crippen LogP contribution in [0.25, 0.3) is 6.08 Å². The Balaban J connectivity index is 1.90. The van der Waals surface area contributed by atoms with Gasteiger partial charge in [-0.25, -0.2) is 0 Å². The number of thioether (sulfide) groups is 1. The van der Waals surface area contributed by atoms with Gasteiger partial charge in [0.05, 0.1) is 34.2 Å². The Hall–Kier alpha value is -2.60. The molecule has 1 aliphatic rings. The summed E-state index contributed by atoms with van der Waals surface area (Å²) >= 11 is 2.89. The molecule has 10 heteroatoms. The summed E-state index contributed by atoms with van der Waals surface area (Å²) in [5.74, 6) is 0.586. The molecule has 1 saturated heterocycles. The first-order valence-corrected chi connectivity index (χ1v) is 10.1. The van der Waals surface area contributed by atoms with Crippen molar-refractivity contribution in [1.29, 1.82) is 0 Å². The van der Waals surface area contributed by atoms with E-state index in [-0.39, 0.29) is 17.1 Å². The number of ether oxygens (including phenoxy) is 2. The number of methoxy groups -OCH3 is 2. The van der Waals surface area contributed by atoms with Crippen LogP contribution in [0.3, 0.4) is 0 Å². The Kier molecular flexibility index (Phi) is 6.42. The van der Waals surface area contributed by atoms with Gasteiger partial charge < -0.3 is 9.47 Å². The molecule has 8 nitrogen and oxygen atoms in total. The molecule has 0 N–H and O–H groups in total. The third-order valence-corrected chi connectivity index (χ3v) is 5.85. The molecular weight excluding hydrogens is 511 g/mol. The van der Waals surface area contributed by atoms with Crippen molar-refractivity contribution in [2.75, 3.05) is 14.2 Å². The molecule has 0 saturated carbocycles. The zero-order valence-corrected chi connectivity index (χ0v) is 18.4. The molecule has 0 radical (unpaired) electrons. The number of para-hydroxylation sites is 1. The van der Waals surface area contributed by atoms with E-state index < -0.39 is 16.1 Å². The van der Waals surface area contributed by atoms with Crippen molar-refractivity contribution >= 4 is 57.3 Å². The first kappa shape index (κ1) is 21.1. The van der Waals surface area contributed by atoms with Crippen LogP contribution >= 0.6 is 34.4 Å². The van der Waals surface area contributed by atoms with E-state index in [1.54, 1.807) is 24.3 Å². The van der Waals surface area contributed by atoms with Crippen LogP contribution in [0.5, 0.6) is 11.5 Å². The van der Waals surface area contributed by atoms with Crippen LogP contribution in [-0.2, 0) is 11.3 Å². The molecule has 1 aliphatic heterocycles. The summed E-state index contributed by atoms with van der Waals surface area (Å²) in [5.41, 5.74) is 0.829. The molecule has 0 aromatic heterocycles. The lowest BCUT2D eigenvalue weighted by Gasteiger charge is -2.12. The number of halogens is 1. The summed E-state index contributed by atoms with van der Waals surface area (Å²) in [6, 6.07) is 9.55. The van der Waals surface area contributed by atoms with Crippen molar-refractivity contribution in [3.8, 4) is 11.5 Å². The van der Waals surface area contributed by atoms with Gasteiger partial charge in [0, 0.05) is 11.6 Å². The number of benzene rings is 2. The summed E-state index contributed by atoms with van der Waals surface area (Å²) in [7, 11) is 3.05. The maximum atomic E-state index is 12.8. The highest BCUT2D eigenvalue weighted by molar-refractivity contribution is 14.1. The van der Waals surface area contributed by atoms with Crippen molar-refractivity contribution in [2.45, 2.75) is 6.54 Å². The van der Waals surface area contributed by atoms with Crippen LogP contribution in [0.15, 0.2) is 41.3 Å². The number of rotatable bonds is 6. The highest BCUT2D eigenvalue weighted by Crippen LogP contribution is 2.37. The number of hydrogen-bond acceptors (Lipinski definition) is 7. The second kappa shape index (κ2) is 8.82. The number of amides is 2. The van der Waals surface area contributed by atoms with Crippen LogP contribution in [0.2, 0.25) is 0 Å². The van der Waals surface area contributed by atoms with Crippen LogP contribution in [0.4, 0.5) is 10.5 Å². The van der Waals surface area contributed by atoms with E-state index in [0.717, 1.165) is 20.2 Å². The monoisotopic (exact) mass is 526 g/mol. The number of hydrogen-bond donors (Lipinski definition) is 0. The minimum absolute atomic E-state index is 0.134. The molecule has 1 fully saturated rings. The van der Waals surface area contributed by atoms with Gasteiger partial charge in [0.2, 0.25) is 0 Å². The predicted molar refractivity (Wildman–Crippen MR) is 117 cm³/mol. The molecule has 3 rings (SSSR count). The van der Waals surface area contributed by atoms with Gasteiger partial charge in [0.25, 0.3) is 16.8 Å². The first-order valence-electron chi connectivity index (χ1n) is 8.25. The molecule has 0 atom stereocenters. The van der Waals surface area contributed by atoms with Crippen molar-refractivity contribution in [3.05, 3.63) is 66.1 Å². The van der Waals surface area contributed by atoms with Crippen LogP contribution in [0, 0.1) is 13.7 Å². The van der Waals surface area contributed by atoms with Gasteiger partial charge in [0.15, 0.2) is 11.5 Å². The quantitative estimate of drug-likeness (QED) is 0.237. The Morgan fingerprint density at radius 1 is 1.21 bits per heavy atom. The number of nitro groups is 1. The molecule has 0 aliphatic carbocycles. The molecule has 2 aromatic rings. The Morgan fingerprint density at radius 3 is 2.59 bits per heavy atom. The zero-order valence-electron chi connectivity index (χ0n) is 15.4. The van der Waals surface area contributed by atoms with Gasteiger partial charge >= 0.3 is 0 Å². The van der Waals surface area contributed by atoms with E-state index in [4.69, 9.17) is 9.47 Å². The Labute approximate surface area is 184 Å². The highest BCUT2D eigenvalue weighted by atomic mass is 127. The van der Waals surface area contributed by atoms with E-state index in [0.29, 0.717) is 22.6 Å². The minimum atomic E-state index is -0.532. The lowest BCUT2D eigenvalue weighted by atomic mass is 10.1. The topological polar surface area (TPSA) is 99.0 Å². The SMILES string of the molecule is COc1cc(/C=C2\SC(=O)N(Cc3ccccc3[N+](=O)[O-])C2=O)cc(I)c1OC. The minimum Gasteiger partial charge on any atom is -0.493 e.